The minimum atomic E-state index is 0.534. The Morgan fingerprint density at radius 3 is 2.94 bits per heavy atom. The second-order valence-electron chi connectivity index (χ2n) is 3.95. The molecule has 0 bridgehead atoms. The van der Waals surface area contributed by atoms with E-state index in [-0.39, 0.29) is 0 Å². The van der Waals surface area contributed by atoms with Gasteiger partial charge in [-0.1, -0.05) is 24.6 Å². The minimum absolute atomic E-state index is 0.534. The van der Waals surface area contributed by atoms with Crippen molar-refractivity contribution in [3.8, 4) is 11.5 Å². The molecule has 0 atom stereocenters. The lowest BCUT2D eigenvalue weighted by Crippen LogP contribution is -1.82. The Labute approximate surface area is 113 Å². The molecule has 3 rings (SSSR count). The van der Waals surface area contributed by atoms with Gasteiger partial charge in [-0.2, -0.15) is 0 Å². The third kappa shape index (κ3) is 1.78. The van der Waals surface area contributed by atoms with Crippen LogP contribution in [-0.4, -0.2) is 4.98 Å². The molecule has 0 saturated heterocycles. The molecule has 0 fully saturated rings. The fraction of sp³-hybridized carbons (Fsp3) is 0.154. The molecule has 0 amide bonds. The molecule has 3 nitrogen and oxygen atoms in total. The van der Waals surface area contributed by atoms with E-state index in [9.17, 15) is 0 Å². The van der Waals surface area contributed by atoms with E-state index in [2.05, 4.69) is 11.9 Å². The number of aryl methyl sites for hydroxylation is 1. The van der Waals surface area contributed by atoms with Gasteiger partial charge in [0.25, 0.3) is 0 Å². The first-order chi connectivity index (χ1) is 8.69. The summed E-state index contributed by atoms with van der Waals surface area (Å²) in [7, 11) is 0. The Bertz CT molecular complexity index is 717. The van der Waals surface area contributed by atoms with Gasteiger partial charge >= 0.3 is 0 Å². The SMILES string of the molecule is CCc1cc(-c2nc3cccc(Cl)c3o2)c(N)s1. The van der Waals surface area contributed by atoms with Gasteiger partial charge < -0.3 is 10.2 Å². The molecule has 1 aromatic carbocycles. The van der Waals surface area contributed by atoms with Gasteiger partial charge in [-0.05, 0) is 24.6 Å². The Morgan fingerprint density at radius 1 is 1.44 bits per heavy atom. The number of fused-ring (bicyclic) bond motifs is 1. The molecule has 18 heavy (non-hydrogen) atoms. The molecule has 2 aromatic heterocycles. The van der Waals surface area contributed by atoms with Crippen molar-refractivity contribution in [3.05, 3.63) is 34.2 Å². The summed E-state index contributed by atoms with van der Waals surface area (Å²) >= 11 is 7.64. The van der Waals surface area contributed by atoms with Crippen LogP contribution in [0.3, 0.4) is 0 Å². The highest BCUT2D eigenvalue weighted by Gasteiger charge is 2.15. The van der Waals surface area contributed by atoms with Gasteiger partial charge in [0.05, 0.1) is 15.6 Å². The monoisotopic (exact) mass is 278 g/mol. The summed E-state index contributed by atoms with van der Waals surface area (Å²) in [6.45, 7) is 2.10. The second-order valence-corrected chi connectivity index (χ2v) is 5.53. The highest BCUT2D eigenvalue weighted by Crippen LogP contribution is 2.36. The van der Waals surface area contributed by atoms with E-state index in [0.717, 1.165) is 22.5 Å². The van der Waals surface area contributed by atoms with Gasteiger partial charge in [-0.15, -0.1) is 11.3 Å². The Morgan fingerprint density at radius 2 is 2.28 bits per heavy atom. The molecular weight excluding hydrogens is 268 g/mol. The first-order valence-corrected chi connectivity index (χ1v) is 6.82. The Hall–Kier alpha value is -1.52. The predicted octanol–water partition coefficient (Wildman–Crippen LogP) is 4.35. The molecule has 2 N–H and O–H groups in total. The molecule has 0 aliphatic rings. The molecule has 0 saturated carbocycles. The molecule has 0 unspecified atom stereocenters. The molecule has 0 aliphatic carbocycles. The van der Waals surface area contributed by atoms with Crippen molar-refractivity contribution in [2.75, 3.05) is 5.73 Å². The van der Waals surface area contributed by atoms with Crippen LogP contribution in [0.15, 0.2) is 28.7 Å². The van der Waals surface area contributed by atoms with Crippen LogP contribution in [-0.2, 0) is 6.42 Å². The quantitative estimate of drug-likeness (QED) is 0.758. The summed E-state index contributed by atoms with van der Waals surface area (Å²) in [6, 6.07) is 7.54. The van der Waals surface area contributed by atoms with E-state index in [1.54, 1.807) is 17.4 Å². The Balaban J connectivity index is 2.19. The van der Waals surface area contributed by atoms with Crippen LogP contribution in [0, 0.1) is 0 Å². The van der Waals surface area contributed by atoms with Crippen molar-refractivity contribution < 1.29 is 4.42 Å². The third-order valence-electron chi connectivity index (χ3n) is 2.76. The lowest BCUT2D eigenvalue weighted by atomic mass is 10.2. The zero-order chi connectivity index (χ0) is 12.7. The third-order valence-corrected chi connectivity index (χ3v) is 4.16. The number of hydrogen-bond donors (Lipinski definition) is 1. The van der Waals surface area contributed by atoms with Crippen molar-refractivity contribution in [1.29, 1.82) is 0 Å². The van der Waals surface area contributed by atoms with Crippen molar-refractivity contribution in [1.82, 2.24) is 4.98 Å². The summed E-state index contributed by atoms with van der Waals surface area (Å²) in [5.41, 5.74) is 8.21. The van der Waals surface area contributed by atoms with Crippen LogP contribution in [0.25, 0.3) is 22.6 Å². The molecule has 5 heteroatoms. The van der Waals surface area contributed by atoms with Crippen molar-refractivity contribution in [3.63, 3.8) is 0 Å². The van der Waals surface area contributed by atoms with E-state index in [0.29, 0.717) is 16.5 Å². The number of nitrogens with zero attached hydrogens (tertiary/aromatic N) is 1. The average Bonchev–Trinajstić information content (AvgIpc) is 2.93. The highest BCUT2D eigenvalue weighted by molar-refractivity contribution is 7.16. The molecule has 92 valence electrons. The smallest absolute Gasteiger partial charge is 0.230 e. The van der Waals surface area contributed by atoms with Crippen molar-refractivity contribution in [2.24, 2.45) is 0 Å². The van der Waals surface area contributed by atoms with Gasteiger partial charge in [0.2, 0.25) is 5.89 Å². The maximum absolute atomic E-state index is 6.07. The summed E-state index contributed by atoms with van der Waals surface area (Å²) in [5.74, 6) is 0.534. The maximum atomic E-state index is 6.07. The summed E-state index contributed by atoms with van der Waals surface area (Å²) < 4.78 is 5.71. The molecular formula is C13H11ClN2OS. The average molecular weight is 279 g/mol. The number of halogens is 1. The molecule has 0 spiro atoms. The van der Waals surface area contributed by atoms with Gasteiger partial charge in [0.1, 0.15) is 5.52 Å². The lowest BCUT2D eigenvalue weighted by molar-refractivity contribution is 0.620. The summed E-state index contributed by atoms with van der Waals surface area (Å²) in [6.07, 6.45) is 0.954. The topological polar surface area (TPSA) is 52.0 Å². The molecule has 0 aliphatic heterocycles. The fourth-order valence-electron chi connectivity index (χ4n) is 1.83. The number of benzene rings is 1. The van der Waals surface area contributed by atoms with Gasteiger partial charge in [-0.3, -0.25) is 0 Å². The first-order valence-electron chi connectivity index (χ1n) is 5.62. The standard InChI is InChI=1S/C13H11ClN2OS/c1-2-7-6-8(12(15)18-7)13-16-10-5-3-4-9(14)11(10)17-13/h3-6H,2,15H2,1H3. The molecule has 3 aromatic rings. The number of thiophene rings is 1. The van der Waals surface area contributed by atoms with Gasteiger partial charge in [-0.25, -0.2) is 4.98 Å². The molecule has 2 heterocycles. The van der Waals surface area contributed by atoms with Gasteiger partial charge in [0.15, 0.2) is 5.58 Å². The number of hydrogen-bond acceptors (Lipinski definition) is 4. The zero-order valence-electron chi connectivity index (χ0n) is 9.74. The summed E-state index contributed by atoms with van der Waals surface area (Å²) in [5, 5.41) is 1.30. The predicted molar refractivity (Wildman–Crippen MR) is 76.1 cm³/mol. The number of para-hydroxylation sites is 1. The number of nitrogen functional groups attached to an aromatic ring is 1. The normalized spacial score (nSPS) is 11.2. The van der Waals surface area contributed by atoms with Crippen LogP contribution in [0.4, 0.5) is 5.00 Å². The Kier molecular flexibility index (Phi) is 2.76. The number of rotatable bonds is 2. The van der Waals surface area contributed by atoms with Crippen LogP contribution in [0.2, 0.25) is 5.02 Å². The maximum Gasteiger partial charge on any atom is 0.230 e. The first kappa shape index (κ1) is 11.6. The number of aromatic nitrogens is 1. The van der Waals surface area contributed by atoms with E-state index in [1.165, 1.54) is 4.88 Å². The van der Waals surface area contributed by atoms with Crippen LogP contribution in [0.5, 0.6) is 0 Å². The largest absolute Gasteiger partial charge is 0.434 e. The van der Waals surface area contributed by atoms with Crippen LogP contribution < -0.4 is 5.73 Å². The van der Waals surface area contributed by atoms with Gasteiger partial charge in [0, 0.05) is 4.88 Å². The van der Waals surface area contributed by atoms with E-state index < -0.39 is 0 Å². The van der Waals surface area contributed by atoms with E-state index in [4.69, 9.17) is 21.8 Å². The fourth-order valence-corrected chi connectivity index (χ4v) is 2.90. The number of oxazole rings is 1. The number of nitrogens with two attached hydrogens (primary N) is 1. The lowest BCUT2D eigenvalue weighted by Gasteiger charge is -1.91. The minimum Gasteiger partial charge on any atom is -0.434 e. The van der Waals surface area contributed by atoms with Crippen molar-refractivity contribution in [2.45, 2.75) is 13.3 Å². The molecule has 0 radical (unpaired) electrons. The van der Waals surface area contributed by atoms with Crippen LogP contribution in [0.1, 0.15) is 11.8 Å². The summed E-state index contributed by atoms with van der Waals surface area (Å²) in [4.78, 5) is 5.65. The van der Waals surface area contributed by atoms with Crippen molar-refractivity contribution >= 4 is 39.0 Å². The van der Waals surface area contributed by atoms with Crippen LogP contribution >= 0.6 is 22.9 Å². The van der Waals surface area contributed by atoms with E-state index >= 15 is 0 Å². The number of anilines is 1. The highest BCUT2D eigenvalue weighted by atomic mass is 35.5. The second kappa shape index (κ2) is 4.30. The van der Waals surface area contributed by atoms with E-state index in [1.807, 2.05) is 18.2 Å². The zero-order valence-corrected chi connectivity index (χ0v) is 11.3.